The predicted molar refractivity (Wildman–Crippen MR) is 126 cm³/mol. The highest BCUT2D eigenvalue weighted by molar-refractivity contribution is 5.93. The molecule has 190 valence electrons. The minimum atomic E-state index is -4.50. The van der Waals surface area contributed by atoms with Gasteiger partial charge in [-0.1, -0.05) is 6.07 Å². The van der Waals surface area contributed by atoms with Crippen LogP contribution in [0, 0.1) is 5.92 Å². The Balaban J connectivity index is 1.07. The van der Waals surface area contributed by atoms with Crippen molar-refractivity contribution in [2.45, 2.75) is 25.1 Å². The number of alkyl halides is 3. The summed E-state index contributed by atoms with van der Waals surface area (Å²) in [6.45, 7) is 2.82. The fraction of sp³-hybridized carbons (Fsp3) is 0.385. The van der Waals surface area contributed by atoms with Gasteiger partial charge in [0.1, 0.15) is 24.1 Å². The zero-order valence-corrected chi connectivity index (χ0v) is 19.6. The van der Waals surface area contributed by atoms with E-state index in [2.05, 4.69) is 15.2 Å². The number of para-hydroxylation sites is 1. The maximum Gasteiger partial charge on any atom is 0.420 e. The Kier molecular flexibility index (Phi) is 6.86. The van der Waals surface area contributed by atoms with Gasteiger partial charge in [-0.05, 0) is 68.2 Å². The van der Waals surface area contributed by atoms with Crippen LogP contribution in [0.25, 0.3) is 5.82 Å². The summed E-state index contributed by atoms with van der Waals surface area (Å²) < 4.78 is 53.2. The van der Waals surface area contributed by atoms with Gasteiger partial charge in [0, 0.05) is 31.7 Å². The average Bonchev–Trinajstić information content (AvgIpc) is 3.42. The molecule has 0 spiro atoms. The third-order valence-corrected chi connectivity index (χ3v) is 6.59. The van der Waals surface area contributed by atoms with E-state index in [4.69, 9.17) is 9.47 Å². The Morgan fingerprint density at radius 3 is 2.56 bits per heavy atom. The summed E-state index contributed by atoms with van der Waals surface area (Å²) in [5.74, 6) is 0.823. The lowest BCUT2D eigenvalue weighted by Crippen LogP contribution is -2.45. The van der Waals surface area contributed by atoms with E-state index in [-0.39, 0.29) is 24.0 Å². The van der Waals surface area contributed by atoms with Crippen molar-refractivity contribution in [3.05, 3.63) is 72.2 Å². The number of nitrogens with one attached hydrogen (secondary N) is 1. The normalized spacial score (nSPS) is 18.7. The van der Waals surface area contributed by atoms with Crippen molar-refractivity contribution in [3.63, 3.8) is 0 Å². The van der Waals surface area contributed by atoms with Crippen molar-refractivity contribution in [2.24, 2.45) is 5.92 Å². The summed E-state index contributed by atoms with van der Waals surface area (Å²) in [5.41, 5.74) is -0.301. The molecule has 7 nitrogen and oxygen atoms in total. The summed E-state index contributed by atoms with van der Waals surface area (Å²) >= 11 is 0. The highest BCUT2D eigenvalue weighted by Crippen LogP contribution is 2.43. The standard InChI is InChI=1S/C26H27F3N4O3/c27-26(28,29)21-4-3-5-22-24(21)36-20(17-35-22)16-32-12-8-18(9-13-32)14-31-25(34)19-6-7-23(30-15-19)33-10-1-2-11-33/h1-7,10-11,15,18,20H,8-9,12-14,16-17H2,(H,31,34)/t20-/m0/s1. The van der Waals surface area contributed by atoms with Crippen LogP contribution in [0.4, 0.5) is 13.2 Å². The number of likely N-dealkylation sites (tertiary alicyclic amines) is 1. The Morgan fingerprint density at radius 1 is 1.08 bits per heavy atom. The Labute approximate surface area is 206 Å². The number of piperidine rings is 1. The van der Waals surface area contributed by atoms with E-state index in [1.165, 1.54) is 12.1 Å². The molecule has 0 unspecified atom stereocenters. The highest BCUT2D eigenvalue weighted by Gasteiger charge is 2.38. The molecule has 2 aromatic heterocycles. The topological polar surface area (TPSA) is 68.6 Å². The van der Waals surface area contributed by atoms with Crippen molar-refractivity contribution in [1.82, 2.24) is 19.8 Å². The van der Waals surface area contributed by atoms with Crippen LogP contribution in [-0.2, 0) is 6.18 Å². The number of ether oxygens (including phenoxy) is 2. The van der Waals surface area contributed by atoms with Crippen molar-refractivity contribution < 1.29 is 27.4 Å². The first-order valence-electron chi connectivity index (χ1n) is 12.0. The molecular weight excluding hydrogens is 473 g/mol. The molecule has 0 bridgehead atoms. The molecule has 3 aromatic rings. The molecule has 0 radical (unpaired) electrons. The SMILES string of the molecule is O=C(NCC1CCN(C[C@H]2COc3cccc(C(F)(F)F)c3O2)CC1)c1ccc(-n2cccc2)nc1. The van der Waals surface area contributed by atoms with E-state index in [1.807, 2.05) is 29.1 Å². The lowest BCUT2D eigenvalue weighted by Gasteiger charge is -2.36. The summed E-state index contributed by atoms with van der Waals surface area (Å²) in [5, 5.41) is 2.99. The summed E-state index contributed by atoms with van der Waals surface area (Å²) in [6, 6.07) is 11.2. The third kappa shape index (κ3) is 5.48. The number of halogens is 3. The summed E-state index contributed by atoms with van der Waals surface area (Å²) in [7, 11) is 0. The van der Waals surface area contributed by atoms with Gasteiger partial charge in [-0.3, -0.25) is 9.69 Å². The lowest BCUT2D eigenvalue weighted by atomic mass is 9.96. The molecule has 1 atom stereocenters. The van der Waals surface area contributed by atoms with Crippen LogP contribution >= 0.6 is 0 Å². The zero-order chi connectivity index (χ0) is 25.1. The Morgan fingerprint density at radius 2 is 1.86 bits per heavy atom. The second-order valence-electron chi connectivity index (χ2n) is 9.13. The molecule has 0 aliphatic carbocycles. The predicted octanol–water partition coefficient (Wildman–Crippen LogP) is 4.17. The number of amides is 1. The number of hydrogen-bond donors (Lipinski definition) is 1. The third-order valence-electron chi connectivity index (χ3n) is 6.59. The van der Waals surface area contributed by atoms with Gasteiger partial charge in [0.05, 0.1) is 5.56 Å². The van der Waals surface area contributed by atoms with E-state index < -0.39 is 17.8 Å². The molecule has 2 aliphatic rings. The van der Waals surface area contributed by atoms with Crippen molar-refractivity contribution in [3.8, 4) is 17.3 Å². The average molecular weight is 501 g/mol. The molecule has 1 saturated heterocycles. The first-order valence-corrected chi connectivity index (χ1v) is 12.0. The number of carbonyl (C=O) groups is 1. The second kappa shape index (κ2) is 10.2. The summed E-state index contributed by atoms with van der Waals surface area (Å²) in [4.78, 5) is 19.1. The van der Waals surface area contributed by atoms with Gasteiger partial charge in [0.15, 0.2) is 11.5 Å². The molecule has 5 rings (SSSR count). The van der Waals surface area contributed by atoms with Crippen molar-refractivity contribution >= 4 is 5.91 Å². The van der Waals surface area contributed by atoms with E-state index >= 15 is 0 Å². The van der Waals surface area contributed by atoms with Crippen molar-refractivity contribution in [1.29, 1.82) is 0 Å². The van der Waals surface area contributed by atoms with Crippen LogP contribution in [0.2, 0.25) is 0 Å². The minimum Gasteiger partial charge on any atom is -0.486 e. The van der Waals surface area contributed by atoms with Crippen LogP contribution < -0.4 is 14.8 Å². The number of pyridine rings is 1. The summed E-state index contributed by atoms with van der Waals surface area (Å²) in [6.07, 6.45) is 2.13. The monoisotopic (exact) mass is 500 g/mol. The maximum atomic E-state index is 13.3. The highest BCUT2D eigenvalue weighted by atomic mass is 19.4. The van der Waals surface area contributed by atoms with Crippen LogP contribution in [-0.4, -0.2) is 59.2 Å². The van der Waals surface area contributed by atoms with Crippen LogP contribution in [0.1, 0.15) is 28.8 Å². The van der Waals surface area contributed by atoms with E-state index in [0.717, 1.165) is 37.8 Å². The first-order chi connectivity index (χ1) is 17.4. The fourth-order valence-corrected chi connectivity index (χ4v) is 4.61. The van der Waals surface area contributed by atoms with Gasteiger partial charge in [0.25, 0.3) is 5.91 Å². The van der Waals surface area contributed by atoms with Gasteiger partial charge in [-0.25, -0.2) is 4.98 Å². The molecule has 2 aliphatic heterocycles. The molecule has 1 fully saturated rings. The Bertz CT molecular complexity index is 1170. The quantitative estimate of drug-likeness (QED) is 0.550. The molecule has 1 aromatic carbocycles. The number of fused-ring (bicyclic) bond motifs is 1. The van der Waals surface area contributed by atoms with Crippen LogP contribution in [0.15, 0.2) is 61.1 Å². The number of hydrogen-bond acceptors (Lipinski definition) is 5. The number of carbonyl (C=O) groups excluding carboxylic acids is 1. The first kappa shape index (κ1) is 24.2. The number of rotatable bonds is 6. The number of benzene rings is 1. The fourth-order valence-electron chi connectivity index (χ4n) is 4.61. The number of aromatic nitrogens is 2. The van der Waals surface area contributed by atoms with E-state index in [9.17, 15) is 18.0 Å². The molecule has 1 N–H and O–H groups in total. The Hall–Kier alpha value is -3.53. The van der Waals surface area contributed by atoms with Gasteiger partial charge < -0.3 is 19.4 Å². The largest absolute Gasteiger partial charge is 0.486 e. The maximum absolute atomic E-state index is 13.3. The van der Waals surface area contributed by atoms with Crippen LogP contribution in [0.3, 0.4) is 0 Å². The molecule has 10 heteroatoms. The molecule has 1 amide bonds. The number of nitrogens with zero attached hydrogens (tertiary/aromatic N) is 3. The van der Waals surface area contributed by atoms with Crippen molar-refractivity contribution in [2.75, 3.05) is 32.8 Å². The van der Waals surface area contributed by atoms with Gasteiger partial charge in [-0.15, -0.1) is 0 Å². The molecule has 36 heavy (non-hydrogen) atoms. The second-order valence-corrected chi connectivity index (χ2v) is 9.13. The zero-order valence-electron chi connectivity index (χ0n) is 19.6. The molecular formula is C26H27F3N4O3. The molecule has 0 saturated carbocycles. The van der Waals surface area contributed by atoms with Gasteiger partial charge >= 0.3 is 6.18 Å². The van der Waals surface area contributed by atoms with Gasteiger partial charge in [0.2, 0.25) is 0 Å². The van der Waals surface area contributed by atoms with Crippen LogP contribution in [0.5, 0.6) is 11.5 Å². The van der Waals surface area contributed by atoms with E-state index in [0.29, 0.717) is 24.6 Å². The van der Waals surface area contributed by atoms with Gasteiger partial charge in [-0.2, -0.15) is 13.2 Å². The smallest absolute Gasteiger partial charge is 0.420 e. The molecule has 4 heterocycles. The minimum absolute atomic E-state index is 0.130. The lowest BCUT2D eigenvalue weighted by molar-refractivity contribution is -0.140. The van der Waals surface area contributed by atoms with E-state index in [1.54, 1.807) is 18.3 Å².